The summed E-state index contributed by atoms with van der Waals surface area (Å²) in [5, 5.41) is 8.54. The second-order valence-corrected chi connectivity index (χ2v) is 5.84. The van der Waals surface area contributed by atoms with E-state index in [9.17, 15) is 9.59 Å². The number of nitrogens with one attached hydrogen (secondary N) is 1. The summed E-state index contributed by atoms with van der Waals surface area (Å²) < 4.78 is 11.0. The van der Waals surface area contributed by atoms with Gasteiger partial charge in [-0.15, -0.1) is 10.2 Å². The molecule has 8 heteroatoms. The molecular formula is C17H16N4O4. The third kappa shape index (κ3) is 2.80. The van der Waals surface area contributed by atoms with Crippen molar-refractivity contribution in [1.82, 2.24) is 20.1 Å². The molecule has 3 heterocycles. The fourth-order valence-electron chi connectivity index (χ4n) is 3.03. The molecule has 1 saturated heterocycles. The summed E-state index contributed by atoms with van der Waals surface area (Å²) in [6.07, 6.45) is 0. The van der Waals surface area contributed by atoms with Crippen molar-refractivity contribution in [3.8, 4) is 0 Å². The number of rotatable bonds is 2. The minimum atomic E-state index is -0.472. The molecule has 1 fully saturated rings. The van der Waals surface area contributed by atoms with Crippen molar-refractivity contribution in [1.29, 1.82) is 0 Å². The first kappa shape index (κ1) is 15.5. The largest absolute Gasteiger partial charge is 0.423 e. The smallest absolute Gasteiger partial charge is 0.255 e. The molecule has 1 N–H and O–H groups in total. The van der Waals surface area contributed by atoms with Crippen molar-refractivity contribution in [2.45, 2.75) is 13.0 Å². The molecule has 0 bridgehead atoms. The molecule has 128 valence electrons. The minimum Gasteiger partial charge on any atom is -0.423 e. The zero-order valence-corrected chi connectivity index (χ0v) is 13.6. The summed E-state index contributed by atoms with van der Waals surface area (Å²) in [5.74, 6) is 0.501. The average Bonchev–Trinajstić information content (AvgIpc) is 3.06. The number of carbonyl (C=O) groups is 1. The highest BCUT2D eigenvalue weighted by Crippen LogP contribution is 2.26. The number of hydrogen-bond acceptors (Lipinski definition) is 6. The van der Waals surface area contributed by atoms with Crippen LogP contribution >= 0.6 is 0 Å². The standard InChI is InChI=1S/C17H16N4O4/c1-10-19-20-16(25-10)14-9-24-7-6-21(14)17(23)12-8-15(22)18-13-5-3-2-4-11(12)13/h2-5,8,14H,6-7,9H2,1H3,(H,18,22)/t14-/m0/s1. The molecule has 1 aliphatic rings. The lowest BCUT2D eigenvalue weighted by molar-refractivity contribution is -0.0105. The fraction of sp³-hybridized carbons (Fsp3) is 0.294. The maximum atomic E-state index is 13.2. The first-order valence-corrected chi connectivity index (χ1v) is 7.94. The molecule has 1 amide bonds. The van der Waals surface area contributed by atoms with Crippen LogP contribution in [0.4, 0.5) is 0 Å². The second-order valence-electron chi connectivity index (χ2n) is 5.84. The molecule has 25 heavy (non-hydrogen) atoms. The first-order chi connectivity index (χ1) is 12.1. The third-order valence-corrected chi connectivity index (χ3v) is 4.20. The van der Waals surface area contributed by atoms with Crippen LogP contribution in [-0.4, -0.2) is 45.7 Å². The van der Waals surface area contributed by atoms with Gasteiger partial charge in [-0.3, -0.25) is 9.59 Å². The number of amides is 1. The van der Waals surface area contributed by atoms with Crippen molar-refractivity contribution in [3.05, 3.63) is 58.0 Å². The molecule has 1 aliphatic heterocycles. The monoisotopic (exact) mass is 340 g/mol. The van der Waals surface area contributed by atoms with Gasteiger partial charge in [0.05, 0.1) is 18.8 Å². The van der Waals surface area contributed by atoms with Crippen LogP contribution < -0.4 is 5.56 Å². The summed E-state index contributed by atoms with van der Waals surface area (Å²) in [5.41, 5.74) is 0.653. The molecule has 0 radical (unpaired) electrons. The van der Waals surface area contributed by atoms with Crippen LogP contribution in [-0.2, 0) is 4.74 Å². The Labute approximate surface area is 142 Å². The predicted molar refractivity (Wildman–Crippen MR) is 88.2 cm³/mol. The molecule has 1 atom stereocenters. The first-order valence-electron chi connectivity index (χ1n) is 7.94. The van der Waals surface area contributed by atoms with Gasteiger partial charge in [0.15, 0.2) is 0 Å². The van der Waals surface area contributed by atoms with Crippen molar-refractivity contribution >= 4 is 16.8 Å². The molecular weight excluding hydrogens is 324 g/mol. The predicted octanol–water partition coefficient (Wildman–Crippen LogP) is 1.43. The number of pyridine rings is 1. The molecule has 1 aromatic carbocycles. The van der Waals surface area contributed by atoms with Gasteiger partial charge in [-0.25, -0.2) is 0 Å². The number of H-pyrrole nitrogens is 1. The van der Waals surface area contributed by atoms with E-state index in [4.69, 9.17) is 9.15 Å². The molecule has 0 spiro atoms. The number of carbonyl (C=O) groups excluding carboxylic acids is 1. The number of morpholine rings is 1. The van der Waals surface area contributed by atoms with Gasteiger partial charge in [-0.2, -0.15) is 0 Å². The van der Waals surface area contributed by atoms with Gasteiger partial charge in [-0.05, 0) is 6.07 Å². The van der Waals surface area contributed by atoms with E-state index in [0.717, 1.165) is 0 Å². The quantitative estimate of drug-likeness (QED) is 0.757. The number of aromatic amines is 1. The highest BCUT2D eigenvalue weighted by molar-refractivity contribution is 6.06. The van der Waals surface area contributed by atoms with Crippen LogP contribution in [0.3, 0.4) is 0 Å². The molecule has 0 aliphatic carbocycles. The zero-order chi connectivity index (χ0) is 17.4. The van der Waals surface area contributed by atoms with E-state index in [0.29, 0.717) is 41.4 Å². The van der Waals surface area contributed by atoms with Crippen molar-refractivity contribution < 1.29 is 13.9 Å². The normalized spacial score (nSPS) is 17.8. The average molecular weight is 340 g/mol. The van der Waals surface area contributed by atoms with E-state index in [1.54, 1.807) is 17.9 Å². The van der Waals surface area contributed by atoms with E-state index >= 15 is 0 Å². The topological polar surface area (TPSA) is 101 Å². The summed E-state index contributed by atoms with van der Waals surface area (Å²) in [4.78, 5) is 29.5. The zero-order valence-electron chi connectivity index (χ0n) is 13.6. The number of fused-ring (bicyclic) bond motifs is 1. The summed E-state index contributed by atoms with van der Waals surface area (Å²) in [6, 6.07) is 8.08. The van der Waals surface area contributed by atoms with E-state index < -0.39 is 6.04 Å². The van der Waals surface area contributed by atoms with Crippen LogP contribution in [0, 0.1) is 6.92 Å². The van der Waals surface area contributed by atoms with Gasteiger partial charge in [0.2, 0.25) is 17.3 Å². The van der Waals surface area contributed by atoms with Crippen LogP contribution in [0.25, 0.3) is 10.9 Å². The maximum Gasteiger partial charge on any atom is 0.255 e. The Kier molecular flexibility index (Phi) is 3.81. The van der Waals surface area contributed by atoms with E-state index in [1.807, 2.05) is 18.2 Å². The Morgan fingerprint density at radius 3 is 2.96 bits per heavy atom. The summed E-state index contributed by atoms with van der Waals surface area (Å²) >= 11 is 0. The maximum absolute atomic E-state index is 13.2. The van der Waals surface area contributed by atoms with Gasteiger partial charge in [0.1, 0.15) is 6.04 Å². The SMILES string of the molecule is Cc1nnc([C@@H]2COCCN2C(=O)c2cc(=O)[nH]c3ccccc23)o1. The molecule has 0 saturated carbocycles. The highest BCUT2D eigenvalue weighted by atomic mass is 16.5. The number of benzene rings is 1. The lowest BCUT2D eigenvalue weighted by Gasteiger charge is -2.33. The summed E-state index contributed by atoms with van der Waals surface area (Å²) in [6.45, 7) is 2.76. The van der Waals surface area contributed by atoms with Crippen LogP contribution in [0.2, 0.25) is 0 Å². The van der Waals surface area contributed by atoms with Crippen molar-refractivity contribution in [2.75, 3.05) is 19.8 Å². The van der Waals surface area contributed by atoms with Gasteiger partial charge in [0, 0.05) is 30.4 Å². The number of aromatic nitrogens is 3. The Morgan fingerprint density at radius 1 is 1.32 bits per heavy atom. The molecule has 0 unspecified atom stereocenters. The van der Waals surface area contributed by atoms with Crippen molar-refractivity contribution in [3.63, 3.8) is 0 Å². The summed E-state index contributed by atoms with van der Waals surface area (Å²) in [7, 11) is 0. The van der Waals surface area contributed by atoms with Crippen molar-refractivity contribution in [2.24, 2.45) is 0 Å². The van der Waals surface area contributed by atoms with Crippen LogP contribution in [0.1, 0.15) is 28.2 Å². The van der Waals surface area contributed by atoms with Crippen LogP contribution in [0.15, 0.2) is 39.5 Å². The third-order valence-electron chi connectivity index (χ3n) is 4.20. The van der Waals surface area contributed by atoms with Crippen LogP contribution in [0.5, 0.6) is 0 Å². The lowest BCUT2D eigenvalue weighted by atomic mass is 10.1. The number of hydrogen-bond donors (Lipinski definition) is 1. The Morgan fingerprint density at radius 2 is 2.16 bits per heavy atom. The fourth-order valence-corrected chi connectivity index (χ4v) is 3.03. The van der Waals surface area contributed by atoms with E-state index in [1.165, 1.54) is 6.07 Å². The number of para-hydroxylation sites is 1. The number of aryl methyl sites for hydroxylation is 1. The van der Waals surface area contributed by atoms with E-state index in [-0.39, 0.29) is 18.1 Å². The molecule has 4 rings (SSSR count). The molecule has 2 aromatic heterocycles. The highest BCUT2D eigenvalue weighted by Gasteiger charge is 2.33. The van der Waals surface area contributed by atoms with E-state index in [2.05, 4.69) is 15.2 Å². The van der Waals surface area contributed by atoms with Gasteiger partial charge in [-0.1, -0.05) is 18.2 Å². The minimum absolute atomic E-state index is 0.258. The Hall–Kier alpha value is -3.00. The van der Waals surface area contributed by atoms with Gasteiger partial charge in [0.25, 0.3) is 5.91 Å². The second kappa shape index (κ2) is 6.14. The number of nitrogens with zero attached hydrogens (tertiary/aromatic N) is 3. The Bertz CT molecular complexity index is 993. The van der Waals surface area contributed by atoms with Gasteiger partial charge >= 0.3 is 0 Å². The lowest BCUT2D eigenvalue weighted by Crippen LogP contribution is -2.43. The molecule has 8 nitrogen and oxygen atoms in total. The number of ether oxygens (including phenoxy) is 1. The molecule has 3 aromatic rings. The van der Waals surface area contributed by atoms with Gasteiger partial charge < -0.3 is 19.0 Å². The Balaban J connectivity index is 1.78.